The van der Waals surface area contributed by atoms with Crippen LogP contribution < -0.4 is 0 Å². The minimum absolute atomic E-state index is 0.00519. The summed E-state index contributed by atoms with van der Waals surface area (Å²) in [6.45, 7) is 6.72. The largest absolute Gasteiger partial charge is 0.392 e. The molecule has 1 aromatic carbocycles. The second kappa shape index (κ2) is 7.44. The number of aliphatic hydroxyl groups excluding tert-OH is 1. The Morgan fingerprint density at radius 1 is 1.45 bits per heavy atom. The zero-order chi connectivity index (χ0) is 16.3. The lowest BCUT2D eigenvalue weighted by Crippen LogP contribution is -2.49. The van der Waals surface area contributed by atoms with Gasteiger partial charge in [0.15, 0.2) is 0 Å². The van der Waals surface area contributed by atoms with Crippen LogP contribution in [0.1, 0.15) is 38.9 Å². The number of carbonyl (C=O) groups is 1. The Kier molecular flexibility index (Phi) is 5.84. The zero-order valence-electron chi connectivity index (χ0n) is 13.3. The molecule has 3 unspecified atom stereocenters. The first-order chi connectivity index (χ1) is 10.4. The van der Waals surface area contributed by atoms with Gasteiger partial charge in [0.05, 0.1) is 31.7 Å². The maximum Gasteiger partial charge on any atom is 0.225 e. The van der Waals surface area contributed by atoms with Crippen LogP contribution in [0.25, 0.3) is 0 Å². The fourth-order valence-electron chi connectivity index (χ4n) is 2.56. The van der Waals surface area contributed by atoms with Gasteiger partial charge in [-0.15, -0.1) is 0 Å². The molecular formula is C17H24ClNO3. The lowest BCUT2D eigenvalue weighted by molar-refractivity contribution is -0.147. The number of amides is 1. The molecule has 2 rings (SSSR count). The number of hydrogen-bond donors (Lipinski definition) is 1. The van der Waals surface area contributed by atoms with Gasteiger partial charge < -0.3 is 14.7 Å². The number of ether oxygens (including phenoxy) is 1. The van der Waals surface area contributed by atoms with Crippen LogP contribution in [0.3, 0.4) is 0 Å². The summed E-state index contributed by atoms with van der Waals surface area (Å²) in [5.74, 6) is 0.0358. The van der Waals surface area contributed by atoms with Gasteiger partial charge in [0.2, 0.25) is 5.91 Å². The Morgan fingerprint density at radius 3 is 2.77 bits per heavy atom. The monoisotopic (exact) mass is 325 g/mol. The molecule has 1 amide bonds. The Labute approximate surface area is 137 Å². The standard InChI is InChI=1S/C17H24ClNO3/c1-11(2)15(20)8-17(21)19-9-16(22-10-12(19)3)13-6-4-5-7-14(13)18/h4-7,11-12,15-16,20H,8-10H2,1-3H3. The molecule has 1 aromatic rings. The van der Waals surface area contributed by atoms with Gasteiger partial charge in [-0.3, -0.25) is 4.79 Å². The average Bonchev–Trinajstić information content (AvgIpc) is 2.48. The summed E-state index contributed by atoms with van der Waals surface area (Å²) in [6.07, 6.45) is -0.677. The van der Waals surface area contributed by atoms with E-state index in [9.17, 15) is 9.90 Å². The van der Waals surface area contributed by atoms with Crippen LogP contribution in [0, 0.1) is 5.92 Å². The van der Waals surface area contributed by atoms with E-state index in [1.54, 1.807) is 4.90 Å². The van der Waals surface area contributed by atoms with Crippen molar-refractivity contribution in [1.29, 1.82) is 0 Å². The highest BCUT2D eigenvalue weighted by atomic mass is 35.5. The number of carbonyl (C=O) groups excluding carboxylic acids is 1. The van der Waals surface area contributed by atoms with Crippen LogP contribution in [0.4, 0.5) is 0 Å². The van der Waals surface area contributed by atoms with Crippen molar-refractivity contribution in [1.82, 2.24) is 4.90 Å². The first kappa shape index (κ1) is 17.3. The summed E-state index contributed by atoms with van der Waals surface area (Å²) in [4.78, 5) is 14.3. The molecule has 0 aromatic heterocycles. The number of aliphatic hydroxyl groups is 1. The second-order valence-corrected chi connectivity index (χ2v) is 6.66. The minimum atomic E-state index is -0.610. The Morgan fingerprint density at radius 2 is 2.14 bits per heavy atom. The lowest BCUT2D eigenvalue weighted by atomic mass is 10.0. The van der Waals surface area contributed by atoms with Crippen LogP contribution in [0.2, 0.25) is 5.02 Å². The molecule has 22 heavy (non-hydrogen) atoms. The zero-order valence-corrected chi connectivity index (χ0v) is 14.1. The van der Waals surface area contributed by atoms with Gasteiger partial charge in [-0.2, -0.15) is 0 Å². The second-order valence-electron chi connectivity index (χ2n) is 6.25. The van der Waals surface area contributed by atoms with Crippen molar-refractivity contribution in [2.45, 2.75) is 45.4 Å². The molecule has 1 aliphatic heterocycles. The van der Waals surface area contributed by atoms with Crippen LogP contribution in [-0.2, 0) is 9.53 Å². The fraction of sp³-hybridized carbons (Fsp3) is 0.588. The Hall–Kier alpha value is -1.10. The summed E-state index contributed by atoms with van der Waals surface area (Å²) < 4.78 is 5.85. The van der Waals surface area contributed by atoms with E-state index in [0.717, 1.165) is 5.56 Å². The lowest BCUT2D eigenvalue weighted by Gasteiger charge is -2.39. The summed E-state index contributed by atoms with van der Waals surface area (Å²) in [5.41, 5.74) is 0.901. The molecule has 1 fully saturated rings. The molecular weight excluding hydrogens is 302 g/mol. The molecule has 1 N–H and O–H groups in total. The molecule has 1 aliphatic rings. The molecule has 0 saturated carbocycles. The molecule has 1 saturated heterocycles. The van der Waals surface area contributed by atoms with E-state index < -0.39 is 6.10 Å². The number of hydrogen-bond acceptors (Lipinski definition) is 3. The van der Waals surface area contributed by atoms with E-state index in [4.69, 9.17) is 16.3 Å². The molecule has 5 heteroatoms. The fourth-order valence-corrected chi connectivity index (χ4v) is 2.82. The third kappa shape index (κ3) is 4.00. The van der Waals surface area contributed by atoms with Crippen LogP contribution >= 0.6 is 11.6 Å². The summed E-state index contributed by atoms with van der Waals surface area (Å²) in [5, 5.41) is 10.6. The van der Waals surface area contributed by atoms with E-state index >= 15 is 0 Å². The molecule has 4 nitrogen and oxygen atoms in total. The normalized spacial score (nSPS) is 23.6. The van der Waals surface area contributed by atoms with Crippen molar-refractivity contribution < 1.29 is 14.6 Å². The van der Waals surface area contributed by atoms with E-state index in [0.29, 0.717) is 18.2 Å². The molecule has 0 aliphatic carbocycles. The van der Waals surface area contributed by atoms with Gasteiger partial charge in [-0.25, -0.2) is 0 Å². The van der Waals surface area contributed by atoms with E-state index in [-0.39, 0.29) is 30.4 Å². The van der Waals surface area contributed by atoms with Crippen molar-refractivity contribution in [2.75, 3.05) is 13.2 Å². The number of morpholine rings is 1. The molecule has 3 atom stereocenters. The number of rotatable bonds is 4. The molecule has 0 bridgehead atoms. The van der Waals surface area contributed by atoms with Crippen molar-refractivity contribution in [3.8, 4) is 0 Å². The van der Waals surface area contributed by atoms with Crippen LogP contribution in [-0.4, -0.2) is 41.2 Å². The van der Waals surface area contributed by atoms with Crippen molar-refractivity contribution in [3.05, 3.63) is 34.9 Å². The van der Waals surface area contributed by atoms with Crippen LogP contribution in [0.5, 0.6) is 0 Å². The van der Waals surface area contributed by atoms with Gasteiger partial charge in [0.1, 0.15) is 6.10 Å². The average molecular weight is 326 g/mol. The summed E-state index contributed by atoms with van der Waals surface area (Å²) in [7, 11) is 0. The maximum absolute atomic E-state index is 12.5. The number of nitrogens with zero attached hydrogens (tertiary/aromatic N) is 1. The highest BCUT2D eigenvalue weighted by Crippen LogP contribution is 2.30. The highest BCUT2D eigenvalue weighted by molar-refractivity contribution is 6.31. The Bertz CT molecular complexity index is 520. The van der Waals surface area contributed by atoms with Gasteiger partial charge in [0, 0.05) is 10.6 Å². The van der Waals surface area contributed by atoms with E-state index in [2.05, 4.69) is 0 Å². The summed E-state index contributed by atoms with van der Waals surface area (Å²) in [6, 6.07) is 7.54. The third-order valence-corrected chi connectivity index (χ3v) is 4.50. The van der Waals surface area contributed by atoms with Gasteiger partial charge in [-0.1, -0.05) is 43.6 Å². The van der Waals surface area contributed by atoms with Crippen molar-refractivity contribution in [2.24, 2.45) is 5.92 Å². The van der Waals surface area contributed by atoms with Gasteiger partial charge in [-0.05, 0) is 18.9 Å². The summed E-state index contributed by atoms with van der Waals surface area (Å²) >= 11 is 6.22. The third-order valence-electron chi connectivity index (χ3n) is 4.16. The number of halogens is 1. The highest BCUT2D eigenvalue weighted by Gasteiger charge is 2.32. The SMILES string of the molecule is CC(C)C(O)CC(=O)N1CC(c2ccccc2Cl)OCC1C. The van der Waals surface area contributed by atoms with Crippen molar-refractivity contribution >= 4 is 17.5 Å². The molecule has 122 valence electrons. The number of benzene rings is 1. The van der Waals surface area contributed by atoms with E-state index in [1.165, 1.54) is 0 Å². The quantitative estimate of drug-likeness (QED) is 0.925. The first-order valence-electron chi connectivity index (χ1n) is 7.73. The smallest absolute Gasteiger partial charge is 0.225 e. The van der Waals surface area contributed by atoms with Crippen molar-refractivity contribution in [3.63, 3.8) is 0 Å². The van der Waals surface area contributed by atoms with Gasteiger partial charge in [0.25, 0.3) is 0 Å². The predicted octanol–water partition coefficient (Wildman–Crippen LogP) is 3.04. The van der Waals surface area contributed by atoms with E-state index in [1.807, 2.05) is 45.0 Å². The topological polar surface area (TPSA) is 49.8 Å². The first-order valence-corrected chi connectivity index (χ1v) is 8.11. The van der Waals surface area contributed by atoms with Crippen LogP contribution in [0.15, 0.2) is 24.3 Å². The molecule has 0 radical (unpaired) electrons. The predicted molar refractivity (Wildman–Crippen MR) is 86.8 cm³/mol. The Balaban J connectivity index is 2.08. The minimum Gasteiger partial charge on any atom is -0.392 e. The molecule has 1 heterocycles. The van der Waals surface area contributed by atoms with Gasteiger partial charge >= 0.3 is 0 Å². The maximum atomic E-state index is 12.5. The molecule has 0 spiro atoms.